The topological polar surface area (TPSA) is 84.2 Å². The first-order valence-corrected chi connectivity index (χ1v) is 8.78. The number of likely N-dealkylation sites (N-methyl/N-ethyl adjacent to an activating group) is 1. The van der Waals surface area contributed by atoms with E-state index in [-0.39, 0.29) is 18.5 Å². The fourth-order valence-corrected chi connectivity index (χ4v) is 2.69. The van der Waals surface area contributed by atoms with Crippen molar-refractivity contribution < 1.29 is 9.32 Å². The zero-order valence-corrected chi connectivity index (χ0v) is 15.7. The van der Waals surface area contributed by atoms with E-state index < -0.39 is 0 Å². The van der Waals surface area contributed by atoms with Crippen LogP contribution in [0.4, 0.5) is 0 Å². The molecule has 0 bridgehead atoms. The molecule has 1 unspecified atom stereocenters. The van der Waals surface area contributed by atoms with E-state index in [1.807, 2.05) is 62.2 Å². The Morgan fingerprint density at radius 2 is 1.89 bits per heavy atom. The minimum Gasteiger partial charge on any atom is -0.348 e. The van der Waals surface area contributed by atoms with Gasteiger partial charge < -0.3 is 9.84 Å². The molecule has 0 aliphatic rings. The molecule has 3 rings (SSSR count). The zero-order valence-electron chi connectivity index (χ0n) is 15.7. The highest BCUT2D eigenvalue weighted by Gasteiger charge is 2.15. The number of carbonyl (C=O) groups is 1. The Hall–Kier alpha value is -3.06. The smallest absolute Gasteiger partial charge is 0.241 e. The van der Waals surface area contributed by atoms with Crippen molar-refractivity contribution in [3.05, 3.63) is 65.8 Å². The highest BCUT2D eigenvalue weighted by atomic mass is 16.5. The molecule has 1 amide bonds. The second-order valence-corrected chi connectivity index (χ2v) is 6.62. The molecule has 0 fully saturated rings. The maximum atomic E-state index is 12.3. The van der Waals surface area contributed by atoms with Crippen LogP contribution in [0.15, 0.2) is 53.3 Å². The third kappa shape index (κ3) is 5.21. The number of aromatic nitrogens is 3. The average molecular weight is 365 g/mol. The standard InChI is InChI=1S/C20H23N5O2/c1-14-4-6-16(7-5-14)15(2)22-18(26)12-25(3)13-19-23-20(24-27-19)17-8-10-21-11-9-17/h4-11,15H,12-13H2,1-3H3,(H,22,26). The second-order valence-electron chi connectivity index (χ2n) is 6.62. The molecular weight excluding hydrogens is 342 g/mol. The highest BCUT2D eigenvalue weighted by Crippen LogP contribution is 2.15. The lowest BCUT2D eigenvalue weighted by atomic mass is 10.1. The molecule has 7 nitrogen and oxygen atoms in total. The molecule has 0 saturated heterocycles. The number of nitrogens with zero attached hydrogens (tertiary/aromatic N) is 4. The minimum atomic E-state index is -0.0561. The molecule has 3 aromatic rings. The van der Waals surface area contributed by atoms with Gasteiger partial charge in [0.1, 0.15) is 0 Å². The third-order valence-corrected chi connectivity index (χ3v) is 4.18. The van der Waals surface area contributed by atoms with Gasteiger partial charge in [-0.05, 0) is 38.6 Å². The maximum Gasteiger partial charge on any atom is 0.241 e. The van der Waals surface area contributed by atoms with Gasteiger partial charge in [-0.3, -0.25) is 14.7 Å². The predicted molar refractivity (Wildman–Crippen MR) is 102 cm³/mol. The number of aryl methyl sites for hydroxylation is 1. The average Bonchev–Trinajstić information content (AvgIpc) is 3.11. The Bertz CT molecular complexity index is 877. The van der Waals surface area contributed by atoms with Crippen LogP contribution in [-0.4, -0.2) is 39.5 Å². The Labute approximate surface area is 158 Å². The molecule has 0 aliphatic carbocycles. The van der Waals surface area contributed by atoms with Crippen LogP contribution < -0.4 is 5.32 Å². The van der Waals surface area contributed by atoms with Crippen molar-refractivity contribution in [2.24, 2.45) is 0 Å². The summed E-state index contributed by atoms with van der Waals surface area (Å²) in [5.74, 6) is 0.918. The number of carbonyl (C=O) groups excluding carboxylic acids is 1. The van der Waals surface area contributed by atoms with Gasteiger partial charge >= 0.3 is 0 Å². The summed E-state index contributed by atoms with van der Waals surface area (Å²) in [6.45, 7) is 4.65. The molecule has 7 heteroatoms. The molecule has 140 valence electrons. The molecule has 1 aromatic carbocycles. The van der Waals surface area contributed by atoms with Crippen LogP contribution in [0.2, 0.25) is 0 Å². The number of amides is 1. The van der Waals surface area contributed by atoms with E-state index in [9.17, 15) is 4.79 Å². The van der Waals surface area contributed by atoms with Crippen molar-refractivity contribution in [1.29, 1.82) is 0 Å². The number of nitrogens with one attached hydrogen (secondary N) is 1. The Morgan fingerprint density at radius 1 is 1.19 bits per heavy atom. The Morgan fingerprint density at radius 3 is 2.59 bits per heavy atom. The summed E-state index contributed by atoms with van der Waals surface area (Å²) in [7, 11) is 1.84. The molecule has 2 aromatic heterocycles. The fourth-order valence-electron chi connectivity index (χ4n) is 2.69. The molecule has 27 heavy (non-hydrogen) atoms. The van der Waals surface area contributed by atoms with E-state index in [4.69, 9.17) is 4.52 Å². The lowest BCUT2D eigenvalue weighted by Crippen LogP contribution is -2.36. The van der Waals surface area contributed by atoms with Gasteiger partial charge in [-0.1, -0.05) is 35.0 Å². The SMILES string of the molecule is Cc1ccc(C(C)NC(=O)CN(C)Cc2nc(-c3ccncc3)no2)cc1. The van der Waals surface area contributed by atoms with Gasteiger partial charge in [0.2, 0.25) is 17.6 Å². The van der Waals surface area contributed by atoms with Crippen molar-refractivity contribution in [2.75, 3.05) is 13.6 Å². The van der Waals surface area contributed by atoms with Crippen LogP contribution in [0.3, 0.4) is 0 Å². The highest BCUT2D eigenvalue weighted by molar-refractivity contribution is 5.78. The summed E-state index contributed by atoms with van der Waals surface area (Å²) in [6, 6.07) is 11.7. The minimum absolute atomic E-state index is 0.0480. The number of benzene rings is 1. The maximum absolute atomic E-state index is 12.3. The van der Waals surface area contributed by atoms with E-state index in [0.29, 0.717) is 18.3 Å². The predicted octanol–water partition coefficient (Wildman–Crippen LogP) is 2.75. The fraction of sp³-hybridized carbons (Fsp3) is 0.300. The van der Waals surface area contributed by atoms with Gasteiger partial charge in [-0.25, -0.2) is 0 Å². The van der Waals surface area contributed by atoms with Crippen LogP contribution in [0.25, 0.3) is 11.4 Å². The van der Waals surface area contributed by atoms with Crippen molar-refractivity contribution in [2.45, 2.75) is 26.4 Å². The molecule has 1 atom stereocenters. The van der Waals surface area contributed by atoms with Gasteiger partial charge in [0.25, 0.3) is 0 Å². The Kier molecular flexibility index (Phi) is 5.93. The van der Waals surface area contributed by atoms with Gasteiger partial charge in [-0.15, -0.1) is 0 Å². The molecule has 2 heterocycles. The zero-order chi connectivity index (χ0) is 19.2. The molecule has 0 spiro atoms. The van der Waals surface area contributed by atoms with Crippen LogP contribution >= 0.6 is 0 Å². The molecule has 0 aliphatic heterocycles. The van der Waals surface area contributed by atoms with Crippen molar-refractivity contribution >= 4 is 5.91 Å². The van der Waals surface area contributed by atoms with Gasteiger partial charge in [-0.2, -0.15) is 4.98 Å². The first-order chi connectivity index (χ1) is 13.0. The number of rotatable bonds is 7. The lowest BCUT2D eigenvalue weighted by Gasteiger charge is -2.18. The first kappa shape index (κ1) is 18.7. The van der Waals surface area contributed by atoms with Crippen LogP contribution in [-0.2, 0) is 11.3 Å². The summed E-state index contributed by atoms with van der Waals surface area (Å²) < 4.78 is 5.28. The van der Waals surface area contributed by atoms with E-state index in [2.05, 4.69) is 20.4 Å². The summed E-state index contributed by atoms with van der Waals surface area (Å²) in [5, 5.41) is 6.98. The number of hydrogen-bond donors (Lipinski definition) is 1. The first-order valence-electron chi connectivity index (χ1n) is 8.78. The van der Waals surface area contributed by atoms with E-state index in [0.717, 1.165) is 11.1 Å². The van der Waals surface area contributed by atoms with Crippen LogP contribution in [0.5, 0.6) is 0 Å². The van der Waals surface area contributed by atoms with Gasteiger partial charge in [0.15, 0.2) is 0 Å². The second kappa shape index (κ2) is 8.55. The van der Waals surface area contributed by atoms with Crippen molar-refractivity contribution in [1.82, 2.24) is 25.3 Å². The Balaban J connectivity index is 1.51. The molecule has 1 N–H and O–H groups in total. The van der Waals surface area contributed by atoms with E-state index in [1.165, 1.54) is 5.56 Å². The van der Waals surface area contributed by atoms with Crippen molar-refractivity contribution in [3.63, 3.8) is 0 Å². The monoisotopic (exact) mass is 365 g/mol. The summed E-state index contributed by atoms with van der Waals surface area (Å²) in [4.78, 5) is 22.5. The van der Waals surface area contributed by atoms with E-state index >= 15 is 0 Å². The summed E-state index contributed by atoms with van der Waals surface area (Å²) >= 11 is 0. The van der Waals surface area contributed by atoms with Crippen LogP contribution in [0.1, 0.15) is 30.0 Å². The van der Waals surface area contributed by atoms with Crippen molar-refractivity contribution in [3.8, 4) is 11.4 Å². The molecular formula is C20H23N5O2. The lowest BCUT2D eigenvalue weighted by molar-refractivity contribution is -0.122. The summed E-state index contributed by atoms with van der Waals surface area (Å²) in [5.41, 5.74) is 3.12. The largest absolute Gasteiger partial charge is 0.348 e. The van der Waals surface area contributed by atoms with Gasteiger partial charge in [0.05, 0.1) is 19.1 Å². The molecule has 0 saturated carbocycles. The normalized spacial score (nSPS) is 12.1. The van der Waals surface area contributed by atoms with Gasteiger partial charge in [0, 0.05) is 18.0 Å². The van der Waals surface area contributed by atoms with E-state index in [1.54, 1.807) is 12.4 Å². The third-order valence-electron chi connectivity index (χ3n) is 4.18. The quantitative estimate of drug-likeness (QED) is 0.693. The molecule has 0 radical (unpaired) electrons. The van der Waals surface area contributed by atoms with Crippen LogP contribution in [0, 0.1) is 6.92 Å². The number of pyridine rings is 1. The number of hydrogen-bond acceptors (Lipinski definition) is 6. The summed E-state index contributed by atoms with van der Waals surface area (Å²) in [6.07, 6.45) is 3.36.